The molecule has 0 saturated heterocycles. The first-order valence-corrected chi connectivity index (χ1v) is 7.31. The average Bonchev–Trinajstić information content (AvgIpc) is 3.32. The van der Waals surface area contributed by atoms with Gasteiger partial charge < -0.3 is 9.97 Å². The van der Waals surface area contributed by atoms with E-state index in [-0.39, 0.29) is 17.1 Å². The summed E-state index contributed by atoms with van der Waals surface area (Å²) in [6, 6.07) is 9.66. The van der Waals surface area contributed by atoms with E-state index in [2.05, 4.69) is 40.1 Å². The Labute approximate surface area is 151 Å². The zero-order chi connectivity index (χ0) is 15.9. The van der Waals surface area contributed by atoms with E-state index in [0.717, 1.165) is 22.4 Å². The molecule has 0 aliphatic carbocycles. The molecule has 25 heavy (non-hydrogen) atoms. The molecule has 8 nitrogen and oxygen atoms in total. The van der Waals surface area contributed by atoms with Crippen molar-refractivity contribution >= 4 is 46.8 Å². The van der Waals surface area contributed by atoms with Crippen LogP contribution in [-0.4, -0.2) is 41.3 Å². The fraction of sp³-hybridized carbons (Fsp3) is 0. The molecule has 0 saturated carbocycles. The number of nitrogens with one attached hydrogen (secondary N) is 2. The maximum absolute atomic E-state index is 4.53. The third-order valence-corrected chi connectivity index (χ3v) is 3.55. The molecule has 9 heteroatoms. The molecular weight excluding hydrogens is 359 g/mol. The number of hydrogen-bond donors (Lipinski definition) is 2. The van der Waals surface area contributed by atoms with E-state index in [1.165, 1.54) is 0 Å². The van der Waals surface area contributed by atoms with Gasteiger partial charge in [0.25, 0.3) is 11.7 Å². The molecule has 2 aliphatic rings. The Morgan fingerprint density at radius 1 is 0.720 bits per heavy atom. The molecule has 0 atom stereocenters. The smallest absolute Gasteiger partial charge is 0.253 e. The van der Waals surface area contributed by atoms with Gasteiger partial charge in [0.05, 0.1) is 23.3 Å². The minimum atomic E-state index is 0. The number of rotatable bonds is 0. The van der Waals surface area contributed by atoms with Crippen LogP contribution in [0.15, 0.2) is 35.3 Å². The molecule has 3 aromatic rings. The predicted molar refractivity (Wildman–Crippen MR) is 90.6 cm³/mol. The van der Waals surface area contributed by atoms with E-state index in [1.807, 2.05) is 36.4 Å². The first kappa shape index (κ1) is 15.4. The number of H-pyrrole nitrogens is 2. The van der Waals surface area contributed by atoms with Crippen molar-refractivity contribution in [2.45, 2.75) is 0 Å². The van der Waals surface area contributed by atoms with E-state index in [9.17, 15) is 0 Å². The van der Waals surface area contributed by atoms with Crippen LogP contribution in [0.25, 0.3) is 34.6 Å². The fourth-order valence-electron chi connectivity index (χ4n) is 2.51. The van der Waals surface area contributed by atoms with Crippen molar-refractivity contribution in [3.8, 4) is 0 Å². The Balaban J connectivity index is 0.00000157. The van der Waals surface area contributed by atoms with Gasteiger partial charge in [0.2, 0.25) is 0 Å². The van der Waals surface area contributed by atoms with Gasteiger partial charge >= 0.3 is 0 Å². The summed E-state index contributed by atoms with van der Waals surface area (Å²) in [6.07, 6.45) is 5.53. The Morgan fingerprint density at radius 2 is 1.48 bits per heavy atom. The molecule has 2 N–H and O–H groups in total. The largest absolute Gasteiger partial charge is 0.355 e. The Morgan fingerprint density at radius 3 is 2.32 bits per heavy atom. The van der Waals surface area contributed by atoms with Crippen LogP contribution in [0.3, 0.4) is 0 Å². The minimum Gasteiger partial charge on any atom is -0.355 e. The van der Waals surface area contributed by atoms with Crippen LogP contribution in [0.2, 0.25) is 0 Å². The molecular formula is C16H10MnN8. The van der Waals surface area contributed by atoms with E-state index in [4.69, 9.17) is 0 Å². The van der Waals surface area contributed by atoms with Gasteiger partial charge in [-0.3, -0.25) is 0 Å². The summed E-state index contributed by atoms with van der Waals surface area (Å²) < 4.78 is 0. The number of fused-ring (bicyclic) bond motifs is 8. The van der Waals surface area contributed by atoms with Crippen molar-refractivity contribution in [3.63, 3.8) is 0 Å². The molecule has 0 fully saturated rings. The first-order valence-electron chi connectivity index (χ1n) is 7.31. The molecule has 8 bridgehead atoms. The second-order valence-electron chi connectivity index (χ2n) is 5.34. The van der Waals surface area contributed by atoms with Crippen LogP contribution >= 0.6 is 0 Å². The van der Waals surface area contributed by atoms with Crippen LogP contribution in [-0.2, 0) is 17.1 Å². The van der Waals surface area contributed by atoms with Gasteiger partial charge in [0, 0.05) is 34.2 Å². The van der Waals surface area contributed by atoms with Crippen molar-refractivity contribution in [2.75, 3.05) is 0 Å². The first-order chi connectivity index (χ1) is 11.8. The zero-order valence-corrected chi connectivity index (χ0v) is 13.9. The fourth-order valence-corrected chi connectivity index (χ4v) is 2.51. The van der Waals surface area contributed by atoms with Gasteiger partial charge in [0.15, 0.2) is 5.65 Å². The van der Waals surface area contributed by atoms with Gasteiger partial charge in [-0.15, -0.1) is 10.2 Å². The third-order valence-electron chi connectivity index (χ3n) is 3.55. The Hall–Kier alpha value is -3.16. The van der Waals surface area contributed by atoms with Crippen LogP contribution in [0, 0.1) is 0 Å². The van der Waals surface area contributed by atoms with Crippen molar-refractivity contribution < 1.29 is 17.1 Å². The van der Waals surface area contributed by atoms with E-state index in [1.54, 1.807) is 12.3 Å². The van der Waals surface area contributed by atoms with Gasteiger partial charge in [-0.25, -0.2) is 15.0 Å². The molecule has 0 aromatic carbocycles. The SMILES string of the molecule is C1=Cc2cc3nnc(nc4nc(cc5ccc(cc1n2)[nH]5)C=N4)[nH]3.[Mn]. The summed E-state index contributed by atoms with van der Waals surface area (Å²) >= 11 is 0. The molecule has 5 rings (SSSR count). The minimum absolute atomic E-state index is 0. The van der Waals surface area contributed by atoms with Gasteiger partial charge in [-0.05, 0) is 36.4 Å². The van der Waals surface area contributed by atoms with Gasteiger partial charge in [-0.2, -0.15) is 4.98 Å². The summed E-state index contributed by atoms with van der Waals surface area (Å²) in [4.78, 5) is 23.6. The number of nitrogens with zero attached hydrogens (tertiary/aromatic N) is 6. The molecule has 1 radical (unpaired) electrons. The summed E-state index contributed by atoms with van der Waals surface area (Å²) in [5, 5.41) is 8.02. The standard InChI is InChI=1S/C16H10N8.Mn/c1-2-11-6-13-8-17-15(20-13)22-16-21-14(23-24-16)7-12-4-3-10(19-12)5-9(1)18-11;/h1-8,18H,(H,17,20,21,22,23,24);. The number of aromatic nitrogens is 7. The van der Waals surface area contributed by atoms with E-state index in [0.29, 0.717) is 23.1 Å². The monoisotopic (exact) mass is 369 g/mol. The average molecular weight is 369 g/mol. The summed E-state index contributed by atoms with van der Waals surface area (Å²) in [7, 11) is 0. The molecule has 121 valence electrons. The molecule has 2 aliphatic heterocycles. The van der Waals surface area contributed by atoms with Crippen molar-refractivity contribution in [2.24, 2.45) is 4.99 Å². The van der Waals surface area contributed by atoms with Crippen molar-refractivity contribution in [1.82, 2.24) is 35.1 Å². The third kappa shape index (κ3) is 3.10. The molecule has 0 spiro atoms. The topological polar surface area (TPSA) is 108 Å². The maximum Gasteiger partial charge on any atom is 0.253 e. The van der Waals surface area contributed by atoms with Crippen molar-refractivity contribution in [3.05, 3.63) is 47.4 Å². The second kappa shape index (κ2) is 6.04. The van der Waals surface area contributed by atoms with Crippen LogP contribution in [0.5, 0.6) is 0 Å². The molecule has 3 aromatic heterocycles. The van der Waals surface area contributed by atoms with Gasteiger partial charge in [-0.1, -0.05) is 0 Å². The molecule has 0 unspecified atom stereocenters. The van der Waals surface area contributed by atoms with Crippen molar-refractivity contribution in [1.29, 1.82) is 0 Å². The quantitative estimate of drug-likeness (QED) is 0.408. The van der Waals surface area contributed by atoms with Crippen LogP contribution in [0.4, 0.5) is 5.95 Å². The molecule has 0 amide bonds. The Kier molecular flexibility index (Phi) is 3.72. The summed E-state index contributed by atoms with van der Waals surface area (Å²) in [5.41, 5.74) is 4.84. The van der Waals surface area contributed by atoms with Crippen LogP contribution < -0.4 is 0 Å². The second-order valence-corrected chi connectivity index (χ2v) is 5.34. The zero-order valence-electron chi connectivity index (χ0n) is 12.7. The summed E-state index contributed by atoms with van der Waals surface area (Å²) in [5.74, 6) is 0.689. The van der Waals surface area contributed by atoms with E-state index >= 15 is 0 Å². The maximum atomic E-state index is 4.53. The predicted octanol–water partition coefficient (Wildman–Crippen LogP) is 2.42. The number of aliphatic imine (C=N–C) groups is 1. The molecule has 5 heterocycles. The normalized spacial score (nSPS) is 12.2. The Bertz CT molecular complexity index is 997. The van der Waals surface area contributed by atoms with E-state index < -0.39 is 0 Å². The van der Waals surface area contributed by atoms with Gasteiger partial charge in [0.1, 0.15) is 0 Å². The summed E-state index contributed by atoms with van der Waals surface area (Å²) in [6.45, 7) is 0. The number of hydrogen-bond acceptors (Lipinski definition) is 6. The van der Waals surface area contributed by atoms with Crippen LogP contribution in [0.1, 0.15) is 17.1 Å². The number of aromatic amines is 2.